The van der Waals surface area contributed by atoms with E-state index < -0.39 is 50.1 Å². The van der Waals surface area contributed by atoms with E-state index in [9.17, 15) is 39.6 Å². The van der Waals surface area contributed by atoms with E-state index in [1.165, 1.54) is 19.2 Å². The number of hydrogen-bond donors (Lipinski definition) is 0. The fourth-order valence-corrected chi connectivity index (χ4v) is 3.90. The Hall–Kier alpha value is 1.48. The first-order valence-electron chi connectivity index (χ1n) is 11.5. The summed E-state index contributed by atoms with van der Waals surface area (Å²) in [4.78, 5) is 51.6. The van der Waals surface area contributed by atoms with Gasteiger partial charge in [0.05, 0.1) is 79.8 Å². The number of carboxylic acid groups (broad SMARTS) is 4. The third-order valence-corrected chi connectivity index (χ3v) is 5.49. The Bertz CT molecular complexity index is 1400. The van der Waals surface area contributed by atoms with Gasteiger partial charge in [-0.3, -0.25) is 0 Å². The fraction of sp³-hybridized carbons (Fsp3) is 0.269. The number of anilines is 2. The van der Waals surface area contributed by atoms with Crippen LogP contribution in [-0.2, 0) is 25.8 Å². The van der Waals surface area contributed by atoms with Crippen LogP contribution >= 0.6 is 0 Å². The van der Waals surface area contributed by atoms with Gasteiger partial charge in [0.1, 0.15) is 18.1 Å². The maximum atomic E-state index is 11.3. The first-order chi connectivity index (χ1) is 18.5. The molecule has 0 unspecified atom stereocenters. The van der Waals surface area contributed by atoms with Crippen LogP contribution in [0.2, 0.25) is 0 Å². The molecule has 0 radical (unpaired) electrons. The number of hydrogen-bond acceptors (Lipinski definition) is 13. The number of fused-ring (bicyclic) bond motifs is 1. The normalized spacial score (nSPS) is 9.63. The maximum Gasteiger partial charge on any atom is 1.00 e. The van der Waals surface area contributed by atoms with Crippen molar-refractivity contribution in [2.45, 2.75) is 13.5 Å². The van der Waals surface area contributed by atoms with Gasteiger partial charge in [-0.05, 0) is 36.8 Å². The third-order valence-electron chi connectivity index (χ3n) is 5.49. The Labute approximate surface area is 418 Å². The molecule has 206 valence electrons. The van der Waals surface area contributed by atoms with Crippen LogP contribution < -0.4 is 245 Å². The molecular weight excluding hydrogens is 671 g/mol. The molecule has 0 saturated carbocycles. The summed E-state index contributed by atoms with van der Waals surface area (Å²) < 4.78 is 11.2. The Kier molecular flexibility index (Phi) is 24.9. The van der Waals surface area contributed by atoms with E-state index in [1.807, 2.05) is 0 Å². The van der Waals surface area contributed by atoms with E-state index in [-0.39, 0.29) is 235 Å². The Morgan fingerprint density at radius 1 is 0.721 bits per heavy atom. The van der Waals surface area contributed by atoms with Crippen molar-refractivity contribution in [3.8, 4) is 11.5 Å². The summed E-state index contributed by atoms with van der Waals surface area (Å²) in [5.74, 6) is -5.54. The molecule has 0 N–H and O–H groups in total. The molecule has 0 saturated heterocycles. The van der Waals surface area contributed by atoms with Crippen LogP contribution in [0.25, 0.3) is 10.9 Å². The van der Waals surface area contributed by atoms with Crippen molar-refractivity contribution in [3.05, 3.63) is 53.7 Å². The first kappa shape index (κ1) is 46.6. The third kappa shape index (κ3) is 15.1. The molecule has 3 aromatic rings. The van der Waals surface area contributed by atoms with Crippen LogP contribution in [0.1, 0.15) is 11.3 Å². The maximum absolute atomic E-state index is 11.3. The first-order valence-corrected chi connectivity index (χ1v) is 11.5. The van der Waals surface area contributed by atoms with Crippen molar-refractivity contribution in [3.63, 3.8) is 0 Å². The SMILES string of the molecule is COc1cc(N(CC(=O)[O-])CC(=O)[O-])c2nc(COc3cc(C)ccc3N(CC(=O)[O-])CC(=O)[O-])ccc2c1.[K+].[K+].[K+].[K+]. The molecule has 0 atom stereocenters. The Balaban J connectivity index is 0. The summed E-state index contributed by atoms with van der Waals surface area (Å²) in [6, 6.07) is 11.1. The average molecular weight is 694 g/mol. The number of pyridine rings is 1. The molecule has 0 amide bonds. The van der Waals surface area contributed by atoms with E-state index in [0.29, 0.717) is 16.8 Å². The number of aryl methyl sites for hydroxylation is 1. The minimum atomic E-state index is -1.52. The van der Waals surface area contributed by atoms with E-state index in [4.69, 9.17) is 9.47 Å². The van der Waals surface area contributed by atoms with Crippen LogP contribution in [0.15, 0.2) is 42.5 Å². The molecule has 0 aliphatic heterocycles. The Morgan fingerprint density at radius 2 is 1.23 bits per heavy atom. The summed E-state index contributed by atoms with van der Waals surface area (Å²) in [6.07, 6.45) is 0. The van der Waals surface area contributed by atoms with Crippen molar-refractivity contribution >= 4 is 46.2 Å². The van der Waals surface area contributed by atoms with Gasteiger partial charge in [-0.25, -0.2) is 4.98 Å². The number of carbonyl (C=O) groups excluding carboxylic acids is 4. The van der Waals surface area contributed by atoms with Crippen molar-refractivity contribution < 1.29 is 255 Å². The van der Waals surface area contributed by atoms with E-state index >= 15 is 0 Å². The van der Waals surface area contributed by atoms with Gasteiger partial charge in [-0.2, -0.15) is 0 Å². The van der Waals surface area contributed by atoms with Crippen LogP contribution in [0.5, 0.6) is 11.5 Å². The Morgan fingerprint density at radius 3 is 1.72 bits per heavy atom. The summed E-state index contributed by atoms with van der Waals surface area (Å²) >= 11 is 0. The van der Waals surface area contributed by atoms with Gasteiger partial charge in [-0.15, -0.1) is 0 Å². The number of aliphatic carboxylic acids is 4. The van der Waals surface area contributed by atoms with Crippen molar-refractivity contribution in [2.75, 3.05) is 43.1 Å². The molecule has 0 bridgehead atoms. The number of ether oxygens (including phenoxy) is 2. The molecule has 1 heterocycles. The van der Waals surface area contributed by atoms with Crippen LogP contribution in [0.4, 0.5) is 11.4 Å². The smallest absolute Gasteiger partial charge is 0.548 e. The summed E-state index contributed by atoms with van der Waals surface area (Å²) in [5, 5.41) is 45.5. The second-order valence-corrected chi connectivity index (χ2v) is 8.48. The van der Waals surface area contributed by atoms with Crippen molar-refractivity contribution in [2.24, 2.45) is 0 Å². The number of rotatable bonds is 14. The summed E-state index contributed by atoms with van der Waals surface area (Å²) in [6.45, 7) is -1.35. The number of methoxy groups -OCH3 is 1. The zero-order chi connectivity index (χ0) is 28.7. The van der Waals surface area contributed by atoms with E-state index in [2.05, 4.69) is 4.98 Å². The molecular formula is C26H23K4N3O10. The predicted octanol–water partition coefficient (Wildman–Crippen LogP) is -15.2. The van der Waals surface area contributed by atoms with Gasteiger partial charge < -0.3 is 58.9 Å². The van der Waals surface area contributed by atoms with Gasteiger partial charge in [0, 0.05) is 11.5 Å². The van der Waals surface area contributed by atoms with Gasteiger partial charge in [0.25, 0.3) is 0 Å². The second-order valence-electron chi connectivity index (χ2n) is 8.48. The average Bonchev–Trinajstić information content (AvgIpc) is 2.84. The molecule has 0 aliphatic rings. The minimum Gasteiger partial charge on any atom is -0.548 e. The topological polar surface area (TPSA) is 198 Å². The molecule has 43 heavy (non-hydrogen) atoms. The van der Waals surface area contributed by atoms with E-state index in [1.54, 1.807) is 37.3 Å². The van der Waals surface area contributed by atoms with Crippen LogP contribution in [-0.4, -0.2) is 62.2 Å². The molecule has 17 heteroatoms. The monoisotopic (exact) mass is 693 g/mol. The van der Waals surface area contributed by atoms with E-state index in [0.717, 1.165) is 15.4 Å². The zero-order valence-electron chi connectivity index (χ0n) is 25.0. The number of nitrogens with zero attached hydrogens (tertiary/aromatic N) is 3. The molecule has 3 rings (SSSR count). The van der Waals surface area contributed by atoms with Crippen LogP contribution in [0.3, 0.4) is 0 Å². The number of carbonyl (C=O) groups is 4. The van der Waals surface area contributed by atoms with Gasteiger partial charge in [0.2, 0.25) is 0 Å². The van der Waals surface area contributed by atoms with Gasteiger partial charge >= 0.3 is 206 Å². The fourth-order valence-electron chi connectivity index (χ4n) is 3.90. The number of aromatic nitrogens is 1. The quantitative estimate of drug-likeness (QED) is 0.144. The number of benzene rings is 2. The van der Waals surface area contributed by atoms with Crippen molar-refractivity contribution in [1.29, 1.82) is 0 Å². The zero-order valence-corrected chi connectivity index (χ0v) is 37.5. The second kappa shape index (κ2) is 22.9. The number of carboxylic acids is 4. The van der Waals surface area contributed by atoms with Gasteiger partial charge in [-0.1, -0.05) is 12.1 Å². The van der Waals surface area contributed by atoms with Gasteiger partial charge in [0.15, 0.2) is 0 Å². The predicted molar refractivity (Wildman–Crippen MR) is 128 cm³/mol. The molecule has 2 aromatic carbocycles. The molecule has 0 spiro atoms. The van der Waals surface area contributed by atoms with Crippen LogP contribution in [0, 0.1) is 6.92 Å². The molecule has 0 fully saturated rings. The summed E-state index contributed by atoms with van der Waals surface area (Å²) in [5.41, 5.74) is 1.66. The summed E-state index contributed by atoms with van der Waals surface area (Å²) in [7, 11) is 1.39. The largest absolute Gasteiger partial charge is 1.00 e. The molecule has 1 aromatic heterocycles. The minimum absolute atomic E-state index is 0. The molecule has 13 nitrogen and oxygen atoms in total. The van der Waals surface area contributed by atoms with Crippen molar-refractivity contribution in [1.82, 2.24) is 4.98 Å². The standard InChI is InChI=1S/C26H27N3O10.4K/c1-15-3-6-19(28(10-22(30)31)11-23(32)33)21(7-15)39-14-17-5-4-16-8-18(38-2)9-20(26(16)27-17)29(12-24(34)35)13-25(36)37;;;;/h3-9H,10-14H2,1-2H3,(H,30,31)(H,32,33)(H,34,35)(H,36,37);;;;/q;4*+1/p-4. The molecule has 0 aliphatic carbocycles.